The van der Waals surface area contributed by atoms with Gasteiger partial charge in [0.05, 0.1) is 5.69 Å². The zero-order chi connectivity index (χ0) is 17.9. The lowest BCUT2D eigenvalue weighted by Crippen LogP contribution is -2.31. The van der Waals surface area contributed by atoms with Crippen molar-refractivity contribution in [1.29, 1.82) is 0 Å². The zero-order valence-corrected chi connectivity index (χ0v) is 15.3. The van der Waals surface area contributed by atoms with Gasteiger partial charge in [-0.25, -0.2) is 14.4 Å². The molecule has 0 fully saturated rings. The van der Waals surface area contributed by atoms with E-state index in [-0.39, 0.29) is 5.82 Å². The summed E-state index contributed by atoms with van der Waals surface area (Å²) in [4.78, 5) is 15.8. The smallest absolute Gasteiger partial charge is 0.187 e. The number of benzene rings is 1. The topological polar surface area (TPSA) is 41.9 Å². The number of aromatic nitrogens is 3. The predicted octanol–water partition coefficient (Wildman–Crippen LogP) is 3.96. The summed E-state index contributed by atoms with van der Waals surface area (Å²) in [5.41, 5.74) is 5.50. The summed E-state index contributed by atoms with van der Waals surface area (Å²) >= 11 is 1.58. The van der Waals surface area contributed by atoms with E-state index in [0.717, 1.165) is 47.9 Å². The average Bonchev–Trinajstić information content (AvgIpc) is 2.68. The van der Waals surface area contributed by atoms with Gasteiger partial charge in [0.1, 0.15) is 5.82 Å². The van der Waals surface area contributed by atoms with Gasteiger partial charge < -0.3 is 0 Å². The molecule has 0 spiro atoms. The molecule has 0 saturated carbocycles. The van der Waals surface area contributed by atoms with E-state index in [1.807, 2.05) is 24.8 Å². The molecule has 0 aliphatic carbocycles. The zero-order valence-electron chi connectivity index (χ0n) is 14.5. The second kappa shape index (κ2) is 7.51. The van der Waals surface area contributed by atoms with Crippen LogP contribution in [0.4, 0.5) is 4.39 Å². The van der Waals surface area contributed by atoms with E-state index in [9.17, 15) is 4.39 Å². The molecule has 0 saturated heterocycles. The Bertz CT molecular complexity index is 914. The van der Waals surface area contributed by atoms with Gasteiger partial charge in [-0.1, -0.05) is 23.9 Å². The Morgan fingerprint density at radius 1 is 1.12 bits per heavy atom. The molecule has 0 bridgehead atoms. The first-order chi connectivity index (χ1) is 12.7. The molecule has 26 heavy (non-hydrogen) atoms. The second-order valence-corrected chi connectivity index (χ2v) is 7.15. The fraction of sp³-hybridized carbons (Fsp3) is 0.250. The highest BCUT2D eigenvalue weighted by atomic mass is 32.2. The van der Waals surface area contributed by atoms with Crippen molar-refractivity contribution in [2.45, 2.75) is 24.7 Å². The lowest BCUT2D eigenvalue weighted by molar-refractivity contribution is 0.242. The standard InChI is InChI=1S/C20H19FN4S/c1-26-20-23-11-17-13-25(7-6-19(17)24-20)12-14-8-16(10-22-9-14)15-2-4-18(21)5-3-15/h2-5,8-11H,6-7,12-13H2,1H3. The van der Waals surface area contributed by atoms with E-state index in [0.29, 0.717) is 0 Å². The number of nitrogens with zero attached hydrogens (tertiary/aromatic N) is 4. The van der Waals surface area contributed by atoms with Crippen LogP contribution in [0.3, 0.4) is 0 Å². The van der Waals surface area contributed by atoms with Gasteiger partial charge in [-0.05, 0) is 35.6 Å². The number of hydrogen-bond donors (Lipinski definition) is 0. The van der Waals surface area contributed by atoms with Crippen molar-refractivity contribution in [3.05, 3.63) is 71.6 Å². The Morgan fingerprint density at radius 3 is 2.77 bits per heavy atom. The molecule has 0 amide bonds. The number of pyridine rings is 1. The maximum atomic E-state index is 13.1. The molecule has 3 aromatic rings. The first-order valence-corrected chi connectivity index (χ1v) is 9.75. The summed E-state index contributed by atoms with van der Waals surface area (Å²) in [6.07, 6.45) is 8.61. The van der Waals surface area contributed by atoms with Crippen molar-refractivity contribution in [3.63, 3.8) is 0 Å². The van der Waals surface area contributed by atoms with Crippen LogP contribution >= 0.6 is 11.8 Å². The summed E-state index contributed by atoms with van der Waals surface area (Å²) in [7, 11) is 0. The third-order valence-corrected chi connectivity index (χ3v) is 5.11. The number of halogens is 1. The summed E-state index contributed by atoms with van der Waals surface area (Å²) in [6, 6.07) is 8.66. The van der Waals surface area contributed by atoms with Gasteiger partial charge in [0.2, 0.25) is 0 Å². The summed E-state index contributed by atoms with van der Waals surface area (Å²) < 4.78 is 13.1. The normalized spacial score (nSPS) is 14.2. The first-order valence-electron chi connectivity index (χ1n) is 8.52. The van der Waals surface area contributed by atoms with E-state index >= 15 is 0 Å². The molecule has 0 atom stereocenters. The maximum Gasteiger partial charge on any atom is 0.187 e. The lowest BCUT2D eigenvalue weighted by Gasteiger charge is -2.28. The van der Waals surface area contributed by atoms with Crippen LogP contribution in [-0.4, -0.2) is 32.7 Å². The van der Waals surface area contributed by atoms with Crippen LogP contribution < -0.4 is 0 Å². The molecular weight excluding hydrogens is 347 g/mol. The van der Waals surface area contributed by atoms with E-state index in [2.05, 4.69) is 25.9 Å². The van der Waals surface area contributed by atoms with Crippen molar-refractivity contribution in [2.75, 3.05) is 12.8 Å². The van der Waals surface area contributed by atoms with Gasteiger partial charge in [-0.3, -0.25) is 9.88 Å². The molecule has 4 nitrogen and oxygen atoms in total. The van der Waals surface area contributed by atoms with Gasteiger partial charge in [0.25, 0.3) is 0 Å². The molecule has 1 aliphatic heterocycles. The quantitative estimate of drug-likeness (QED) is 0.516. The molecule has 6 heteroatoms. The van der Waals surface area contributed by atoms with Gasteiger partial charge in [-0.2, -0.15) is 0 Å². The highest BCUT2D eigenvalue weighted by Gasteiger charge is 2.18. The third-order valence-electron chi connectivity index (χ3n) is 4.55. The lowest BCUT2D eigenvalue weighted by atomic mass is 10.0. The Balaban J connectivity index is 1.49. The van der Waals surface area contributed by atoms with Crippen LogP contribution in [0.1, 0.15) is 16.8 Å². The van der Waals surface area contributed by atoms with Crippen molar-refractivity contribution < 1.29 is 4.39 Å². The molecule has 0 radical (unpaired) electrons. The van der Waals surface area contributed by atoms with Crippen LogP contribution in [0.5, 0.6) is 0 Å². The van der Waals surface area contributed by atoms with E-state index in [1.54, 1.807) is 23.9 Å². The van der Waals surface area contributed by atoms with Gasteiger partial charge >= 0.3 is 0 Å². The minimum atomic E-state index is -0.225. The Kier molecular flexibility index (Phi) is 4.95. The molecule has 0 N–H and O–H groups in total. The van der Waals surface area contributed by atoms with Crippen LogP contribution in [0, 0.1) is 5.82 Å². The minimum Gasteiger partial charge on any atom is -0.294 e. The molecule has 4 rings (SSSR count). The monoisotopic (exact) mass is 366 g/mol. The third kappa shape index (κ3) is 3.76. The fourth-order valence-corrected chi connectivity index (χ4v) is 3.58. The number of hydrogen-bond acceptors (Lipinski definition) is 5. The van der Waals surface area contributed by atoms with Gasteiger partial charge in [0.15, 0.2) is 5.16 Å². The Hall–Kier alpha value is -2.31. The minimum absolute atomic E-state index is 0.225. The largest absolute Gasteiger partial charge is 0.294 e. The predicted molar refractivity (Wildman–Crippen MR) is 101 cm³/mol. The number of thioether (sulfide) groups is 1. The molecule has 3 heterocycles. The summed E-state index contributed by atoms with van der Waals surface area (Å²) in [5.74, 6) is -0.225. The highest BCUT2D eigenvalue weighted by molar-refractivity contribution is 7.98. The molecule has 0 unspecified atom stereocenters. The Labute approximate surface area is 156 Å². The van der Waals surface area contributed by atoms with Crippen LogP contribution in [0.25, 0.3) is 11.1 Å². The molecule has 1 aromatic carbocycles. The van der Waals surface area contributed by atoms with Gasteiger partial charge in [-0.15, -0.1) is 0 Å². The number of fused-ring (bicyclic) bond motifs is 1. The van der Waals surface area contributed by atoms with Crippen molar-refractivity contribution in [3.8, 4) is 11.1 Å². The maximum absolute atomic E-state index is 13.1. The van der Waals surface area contributed by atoms with Crippen molar-refractivity contribution in [1.82, 2.24) is 19.9 Å². The number of rotatable bonds is 4. The Morgan fingerprint density at radius 2 is 1.96 bits per heavy atom. The molecule has 132 valence electrons. The van der Waals surface area contributed by atoms with Crippen LogP contribution in [0.2, 0.25) is 0 Å². The van der Waals surface area contributed by atoms with E-state index < -0.39 is 0 Å². The van der Waals surface area contributed by atoms with Gasteiger partial charge in [0, 0.05) is 55.8 Å². The van der Waals surface area contributed by atoms with Crippen LogP contribution in [0.15, 0.2) is 54.1 Å². The summed E-state index contributed by atoms with van der Waals surface area (Å²) in [5, 5.41) is 0.841. The van der Waals surface area contributed by atoms with Crippen molar-refractivity contribution in [2.24, 2.45) is 0 Å². The molecule has 1 aliphatic rings. The van der Waals surface area contributed by atoms with E-state index in [4.69, 9.17) is 0 Å². The first kappa shape index (κ1) is 17.1. The van der Waals surface area contributed by atoms with Crippen molar-refractivity contribution >= 4 is 11.8 Å². The SMILES string of the molecule is CSc1ncc2c(n1)CCN(Cc1cncc(-c3ccc(F)cc3)c1)C2. The second-order valence-electron chi connectivity index (χ2n) is 6.38. The highest BCUT2D eigenvalue weighted by Crippen LogP contribution is 2.23. The fourth-order valence-electron chi connectivity index (χ4n) is 3.22. The van der Waals surface area contributed by atoms with Crippen LogP contribution in [-0.2, 0) is 19.5 Å². The molecule has 2 aromatic heterocycles. The molecular formula is C20H19FN4S. The summed E-state index contributed by atoms with van der Waals surface area (Å²) in [6.45, 7) is 2.65. The average molecular weight is 366 g/mol. The van der Waals surface area contributed by atoms with E-state index in [1.165, 1.54) is 23.4 Å².